The van der Waals surface area contributed by atoms with Crippen LogP contribution in [-0.2, 0) is 4.79 Å². The van der Waals surface area contributed by atoms with E-state index in [1.54, 1.807) is 13.8 Å². The molecule has 1 atom stereocenters. The van der Waals surface area contributed by atoms with E-state index in [0.29, 0.717) is 11.3 Å². The van der Waals surface area contributed by atoms with E-state index in [9.17, 15) is 13.6 Å². The van der Waals surface area contributed by atoms with E-state index in [4.69, 9.17) is 0 Å². The topological polar surface area (TPSA) is 20.3 Å². The lowest BCUT2D eigenvalue weighted by Crippen LogP contribution is -2.35. The molecule has 0 heterocycles. The van der Waals surface area contributed by atoms with Crippen molar-refractivity contribution in [3.63, 3.8) is 0 Å². The first-order valence-corrected chi connectivity index (χ1v) is 3.07. The molecule has 1 unspecified atom stereocenters. The zero-order chi connectivity index (χ0) is 8.15. The van der Waals surface area contributed by atoms with Crippen LogP contribution < -0.4 is 0 Å². The Morgan fingerprint density at radius 2 is 2.10 bits per heavy atom. The van der Waals surface area contributed by atoms with Gasteiger partial charge in [-0.25, -0.2) is 0 Å². The number of hydrogen-bond donors (Lipinski definition) is 0. The quantitative estimate of drug-likeness (QED) is 0.438. The highest BCUT2D eigenvalue weighted by Gasteiger charge is 2.19. The molecule has 0 aliphatic heterocycles. The van der Waals surface area contributed by atoms with E-state index in [2.05, 4.69) is 0 Å². The van der Waals surface area contributed by atoms with Gasteiger partial charge < -0.3 is 0 Å². The molecular weight excluding hydrogens is 140 g/mol. The van der Waals surface area contributed by atoms with Crippen LogP contribution in [0.5, 0.6) is 0 Å². The second kappa shape index (κ2) is 4.19. The number of rotatable bonds is 4. The summed E-state index contributed by atoms with van der Waals surface area (Å²) in [5.74, 6) is 0. The maximum atomic E-state index is 11.8. The molecule has 0 aliphatic carbocycles. The Morgan fingerprint density at radius 3 is 2.20 bits per heavy atom. The molecule has 0 aromatic carbocycles. The van der Waals surface area contributed by atoms with Gasteiger partial charge in [-0.05, 0) is 13.3 Å². The van der Waals surface area contributed by atoms with Crippen molar-refractivity contribution in [1.29, 1.82) is 0 Å². The number of alkyl halides is 2. The van der Waals surface area contributed by atoms with Crippen LogP contribution in [0.1, 0.15) is 20.3 Å². The lowest BCUT2D eigenvalue weighted by Gasteiger charge is -2.21. The highest BCUT2D eigenvalue weighted by Crippen LogP contribution is 2.07. The Labute approximate surface area is 58.8 Å². The van der Waals surface area contributed by atoms with E-state index < -0.39 is 12.6 Å². The average molecular weight is 150 g/mol. The number of nitrogens with zero attached hydrogens (tertiary/aromatic N) is 1. The van der Waals surface area contributed by atoms with E-state index in [0.717, 1.165) is 0 Å². The van der Waals surface area contributed by atoms with E-state index in [1.807, 2.05) is 0 Å². The number of carbonyl (C=O) groups excluding carboxylic acids is 1. The van der Waals surface area contributed by atoms with E-state index in [-0.39, 0.29) is 0 Å². The van der Waals surface area contributed by atoms with Gasteiger partial charge in [-0.2, -0.15) is 8.78 Å². The molecule has 0 bridgehead atoms. The summed E-state index contributed by atoms with van der Waals surface area (Å²) in [6.45, 7) is 0.557. The van der Waals surface area contributed by atoms with Crippen molar-refractivity contribution < 1.29 is 13.6 Å². The van der Waals surface area contributed by atoms with Crippen LogP contribution in [0, 0.1) is 0 Å². The van der Waals surface area contributed by atoms with Crippen molar-refractivity contribution in [2.45, 2.75) is 32.9 Å². The number of amides is 1. The Morgan fingerprint density at radius 1 is 1.60 bits per heavy atom. The van der Waals surface area contributed by atoms with Gasteiger partial charge in [0.25, 0.3) is 0 Å². The first-order chi connectivity index (χ1) is 4.63. The minimum atomic E-state index is -2.73. The minimum absolute atomic E-state index is 0.375. The summed E-state index contributed by atoms with van der Waals surface area (Å²) >= 11 is 0. The third kappa shape index (κ3) is 2.29. The lowest BCUT2D eigenvalue weighted by molar-refractivity contribution is -0.00145. The first kappa shape index (κ1) is 9.33. The SMILES string of the molecule is CCC(C)N([C]=O)C(F)F. The van der Waals surface area contributed by atoms with Gasteiger partial charge in [0, 0.05) is 6.04 Å². The Kier molecular flexibility index (Phi) is 3.91. The molecule has 1 amide bonds. The molecule has 59 valence electrons. The molecule has 0 rings (SSSR count). The second-order valence-corrected chi connectivity index (χ2v) is 2.03. The molecule has 0 N–H and O–H groups in total. The summed E-state index contributed by atoms with van der Waals surface area (Å²) in [6.07, 6.45) is 1.70. The fraction of sp³-hybridized carbons (Fsp3) is 0.833. The lowest BCUT2D eigenvalue weighted by atomic mass is 10.2. The van der Waals surface area contributed by atoms with Crippen molar-refractivity contribution in [2.24, 2.45) is 0 Å². The maximum Gasteiger partial charge on any atom is 0.318 e. The number of hydrogen-bond acceptors (Lipinski definition) is 1. The smallest absolute Gasteiger partial charge is 0.275 e. The summed E-state index contributed by atoms with van der Waals surface area (Å²) in [7, 11) is 0. The van der Waals surface area contributed by atoms with Gasteiger partial charge in [-0.15, -0.1) is 0 Å². The van der Waals surface area contributed by atoms with Crippen molar-refractivity contribution in [1.82, 2.24) is 4.90 Å². The largest absolute Gasteiger partial charge is 0.318 e. The van der Waals surface area contributed by atoms with Gasteiger partial charge in [-0.1, -0.05) is 6.92 Å². The molecule has 0 aliphatic rings. The molecule has 0 spiro atoms. The van der Waals surface area contributed by atoms with Crippen molar-refractivity contribution in [3.05, 3.63) is 0 Å². The first-order valence-electron chi connectivity index (χ1n) is 3.07. The Hall–Kier alpha value is -0.670. The minimum Gasteiger partial charge on any atom is -0.275 e. The van der Waals surface area contributed by atoms with Crippen LogP contribution in [0.25, 0.3) is 0 Å². The van der Waals surface area contributed by atoms with Crippen molar-refractivity contribution in [2.75, 3.05) is 0 Å². The van der Waals surface area contributed by atoms with Gasteiger partial charge in [0.15, 0.2) is 0 Å². The molecule has 10 heavy (non-hydrogen) atoms. The van der Waals surface area contributed by atoms with Gasteiger partial charge in [0.1, 0.15) is 0 Å². The molecule has 2 nitrogen and oxygen atoms in total. The molecule has 0 saturated carbocycles. The third-order valence-electron chi connectivity index (χ3n) is 1.38. The standard InChI is InChI=1S/C6H10F2NO/c1-3-5(2)9(4-10)6(7)8/h5-6H,3H2,1-2H3. The van der Waals surface area contributed by atoms with Crippen LogP contribution in [0.4, 0.5) is 8.78 Å². The van der Waals surface area contributed by atoms with E-state index >= 15 is 0 Å². The number of halogens is 2. The second-order valence-electron chi connectivity index (χ2n) is 2.03. The highest BCUT2D eigenvalue weighted by molar-refractivity contribution is 5.48. The Balaban J connectivity index is 3.92. The molecule has 4 heteroatoms. The van der Waals surface area contributed by atoms with Crippen LogP contribution in [0.3, 0.4) is 0 Å². The van der Waals surface area contributed by atoms with Crippen LogP contribution in [-0.4, -0.2) is 23.9 Å². The monoisotopic (exact) mass is 150 g/mol. The molecule has 0 aromatic heterocycles. The zero-order valence-electron chi connectivity index (χ0n) is 5.97. The highest BCUT2D eigenvalue weighted by atomic mass is 19.3. The average Bonchev–Trinajstić information content (AvgIpc) is 1.88. The van der Waals surface area contributed by atoms with Crippen molar-refractivity contribution in [3.8, 4) is 0 Å². The van der Waals surface area contributed by atoms with Crippen LogP contribution in [0.15, 0.2) is 0 Å². The van der Waals surface area contributed by atoms with Crippen molar-refractivity contribution >= 4 is 6.41 Å². The summed E-state index contributed by atoms with van der Waals surface area (Å²) in [4.78, 5) is 10.2. The van der Waals surface area contributed by atoms with Crippen LogP contribution in [0.2, 0.25) is 0 Å². The predicted molar refractivity (Wildman–Crippen MR) is 33.3 cm³/mol. The van der Waals surface area contributed by atoms with Crippen LogP contribution >= 0.6 is 0 Å². The molecule has 0 aromatic rings. The van der Waals surface area contributed by atoms with Gasteiger partial charge in [-0.3, -0.25) is 9.69 Å². The Bertz CT molecular complexity index is 108. The fourth-order valence-corrected chi connectivity index (χ4v) is 0.519. The summed E-state index contributed by atoms with van der Waals surface area (Å²) in [5.41, 5.74) is 0. The normalized spacial score (nSPS) is 13.3. The molecular formula is C6H10F2NO. The van der Waals surface area contributed by atoms with Gasteiger partial charge in [0.2, 0.25) is 0 Å². The van der Waals surface area contributed by atoms with Gasteiger partial charge in [0.05, 0.1) is 0 Å². The zero-order valence-corrected chi connectivity index (χ0v) is 5.97. The summed E-state index contributed by atoms with van der Waals surface area (Å²) in [6, 6.07) is -0.433. The summed E-state index contributed by atoms with van der Waals surface area (Å²) in [5, 5.41) is 0. The molecule has 1 radical (unpaired) electrons. The maximum absolute atomic E-state index is 11.8. The molecule has 0 saturated heterocycles. The third-order valence-corrected chi connectivity index (χ3v) is 1.38. The molecule has 0 fully saturated rings. The predicted octanol–water partition coefficient (Wildman–Crippen LogP) is 1.38. The van der Waals surface area contributed by atoms with Gasteiger partial charge >= 0.3 is 13.0 Å². The summed E-state index contributed by atoms with van der Waals surface area (Å²) < 4.78 is 23.6. The van der Waals surface area contributed by atoms with E-state index in [1.165, 1.54) is 6.41 Å². The fourth-order valence-electron chi connectivity index (χ4n) is 0.519.